The molecule has 0 spiro atoms. The third kappa shape index (κ3) is 4.70. The number of carbonyl (C=O) groups excluding carboxylic acids is 1. The van der Waals surface area contributed by atoms with Crippen molar-refractivity contribution < 1.29 is 28.7 Å². The molecule has 0 aromatic heterocycles. The quantitative estimate of drug-likeness (QED) is 0.231. The fourth-order valence-electron chi connectivity index (χ4n) is 7.11. The summed E-state index contributed by atoms with van der Waals surface area (Å²) < 4.78 is 24.0. The number of rotatable bonds is 7. The molecule has 3 aliphatic rings. The molecule has 0 unspecified atom stereocenters. The first kappa shape index (κ1) is 29.9. The molecule has 6 aromatic carbocycles. The van der Waals surface area contributed by atoms with Crippen LogP contribution < -0.4 is 45.5 Å². The summed E-state index contributed by atoms with van der Waals surface area (Å²) in [7, 11) is -1.16. The normalized spacial score (nSPS) is 15.6. The lowest BCUT2D eigenvalue weighted by molar-refractivity contribution is -0.109. The van der Waals surface area contributed by atoms with Gasteiger partial charge in [0.15, 0.2) is 0 Å². The highest BCUT2D eigenvalue weighted by molar-refractivity contribution is 6.72. The zero-order valence-electron chi connectivity index (χ0n) is 27.4. The molecule has 0 saturated heterocycles. The van der Waals surface area contributed by atoms with E-state index in [2.05, 4.69) is 5.23 Å². The molecular formula is C40H30B2N2O6. The van der Waals surface area contributed by atoms with E-state index in [0.717, 1.165) is 49.7 Å². The van der Waals surface area contributed by atoms with E-state index in [4.69, 9.17) is 23.7 Å². The SMILES string of the molecule is CCOc1ccc(B2N=c3/c(=C4\C(=O)C(c5ccc6cccc7c6c5NB(c5ccc(OCC)cc5)O7)=C4O)ccc4cccc(c34)O2)cc1. The van der Waals surface area contributed by atoms with Gasteiger partial charge in [0.2, 0.25) is 5.78 Å². The second-order valence-corrected chi connectivity index (χ2v) is 12.3. The molecule has 9 rings (SSSR count). The lowest BCUT2D eigenvalue weighted by atomic mass is 9.70. The van der Waals surface area contributed by atoms with Crippen LogP contribution in [0.1, 0.15) is 19.4 Å². The lowest BCUT2D eigenvalue weighted by Crippen LogP contribution is -2.46. The van der Waals surface area contributed by atoms with Gasteiger partial charge >= 0.3 is 14.1 Å². The largest absolute Gasteiger partial charge is 0.538 e. The Morgan fingerprint density at radius 1 is 0.700 bits per heavy atom. The van der Waals surface area contributed by atoms with Gasteiger partial charge in [0.25, 0.3) is 0 Å². The summed E-state index contributed by atoms with van der Waals surface area (Å²) in [6.07, 6.45) is 0. The van der Waals surface area contributed by atoms with Gasteiger partial charge in [-0.15, -0.1) is 0 Å². The predicted molar refractivity (Wildman–Crippen MR) is 198 cm³/mol. The van der Waals surface area contributed by atoms with E-state index in [0.29, 0.717) is 40.9 Å². The summed E-state index contributed by atoms with van der Waals surface area (Å²) in [4.78, 5) is 19.3. The first-order valence-corrected chi connectivity index (χ1v) is 16.8. The molecule has 2 N–H and O–H groups in total. The minimum Gasteiger partial charge on any atom is -0.537 e. The summed E-state index contributed by atoms with van der Waals surface area (Å²) in [5.41, 5.74) is 3.57. The van der Waals surface area contributed by atoms with Crippen molar-refractivity contribution >= 4 is 69.2 Å². The molecule has 0 atom stereocenters. The van der Waals surface area contributed by atoms with Gasteiger partial charge in [-0.1, -0.05) is 72.8 Å². The highest BCUT2D eigenvalue weighted by atomic mass is 16.5. The van der Waals surface area contributed by atoms with Gasteiger partial charge in [0, 0.05) is 27.2 Å². The lowest BCUT2D eigenvalue weighted by Gasteiger charge is -2.30. The number of benzene rings is 6. The van der Waals surface area contributed by atoms with Crippen LogP contribution in [-0.2, 0) is 4.79 Å². The van der Waals surface area contributed by atoms with Crippen LogP contribution in [0.25, 0.3) is 32.7 Å². The van der Waals surface area contributed by atoms with E-state index in [9.17, 15) is 9.90 Å². The Kier molecular flexibility index (Phi) is 7.05. The molecule has 8 nitrogen and oxygen atoms in total. The molecule has 0 fully saturated rings. The molecule has 0 radical (unpaired) electrons. The highest BCUT2D eigenvalue weighted by Crippen LogP contribution is 2.45. The first-order chi connectivity index (χ1) is 24.5. The second kappa shape index (κ2) is 11.8. The maximum absolute atomic E-state index is 14.3. The number of carbonyl (C=O) groups is 1. The van der Waals surface area contributed by atoms with E-state index in [1.54, 1.807) is 0 Å². The Labute approximate surface area is 288 Å². The fourth-order valence-corrected chi connectivity index (χ4v) is 7.11. The van der Waals surface area contributed by atoms with Crippen LogP contribution >= 0.6 is 0 Å². The van der Waals surface area contributed by atoms with Crippen molar-refractivity contribution in [3.05, 3.63) is 131 Å². The monoisotopic (exact) mass is 656 g/mol. The van der Waals surface area contributed by atoms with E-state index < -0.39 is 14.1 Å². The number of anilines is 1. The molecule has 1 aliphatic carbocycles. The Bertz CT molecular complexity index is 2530. The van der Waals surface area contributed by atoms with Crippen molar-refractivity contribution in [2.45, 2.75) is 13.8 Å². The third-order valence-corrected chi connectivity index (χ3v) is 9.43. The number of Topliss-reactive ketones (excluding diaryl/α,β-unsaturated/α-hetero) is 1. The summed E-state index contributed by atoms with van der Waals surface area (Å²) >= 11 is 0. The van der Waals surface area contributed by atoms with Gasteiger partial charge in [-0.3, -0.25) is 9.70 Å². The summed E-state index contributed by atoms with van der Waals surface area (Å²) in [5, 5.41) is 20.0. The maximum atomic E-state index is 14.3. The number of aliphatic hydroxyl groups excluding tert-OH is 1. The van der Waals surface area contributed by atoms with Crippen LogP contribution in [0, 0.1) is 0 Å². The molecule has 2 heterocycles. The number of nitrogens with one attached hydrogen (secondary N) is 1. The Balaban J connectivity index is 1.18. The average Bonchev–Trinajstić information content (AvgIpc) is 3.14. The predicted octanol–water partition coefficient (Wildman–Crippen LogP) is 5.10. The molecule has 10 heteroatoms. The molecular weight excluding hydrogens is 626 g/mol. The molecule has 2 aliphatic heterocycles. The number of hydrogen-bond acceptors (Lipinski definition) is 8. The van der Waals surface area contributed by atoms with E-state index in [-0.39, 0.29) is 22.7 Å². The van der Waals surface area contributed by atoms with Crippen LogP contribution in [0.5, 0.6) is 23.0 Å². The maximum Gasteiger partial charge on any atom is 0.538 e. The first-order valence-electron chi connectivity index (χ1n) is 16.8. The number of nitrogens with zero attached hydrogens (tertiary/aromatic N) is 1. The van der Waals surface area contributed by atoms with Crippen LogP contribution in [0.15, 0.2) is 120 Å². The number of hydrogen-bond donors (Lipinski definition) is 2. The third-order valence-electron chi connectivity index (χ3n) is 9.43. The van der Waals surface area contributed by atoms with Gasteiger partial charge in [-0.05, 0) is 71.9 Å². The average molecular weight is 656 g/mol. The van der Waals surface area contributed by atoms with Crippen molar-refractivity contribution in [3.63, 3.8) is 0 Å². The summed E-state index contributed by atoms with van der Waals surface area (Å²) in [6.45, 7) is 5.04. The number of ether oxygens (including phenoxy) is 2. The van der Waals surface area contributed by atoms with Crippen molar-refractivity contribution in [2.75, 3.05) is 18.4 Å². The molecule has 242 valence electrons. The van der Waals surface area contributed by atoms with Gasteiger partial charge in [-0.2, -0.15) is 0 Å². The second-order valence-electron chi connectivity index (χ2n) is 12.3. The Morgan fingerprint density at radius 2 is 1.32 bits per heavy atom. The number of aliphatic hydroxyl groups is 1. The van der Waals surface area contributed by atoms with Crippen molar-refractivity contribution in [3.8, 4) is 23.0 Å². The van der Waals surface area contributed by atoms with Crippen molar-refractivity contribution in [1.29, 1.82) is 0 Å². The molecule has 0 saturated carbocycles. The van der Waals surface area contributed by atoms with Gasteiger partial charge in [0.1, 0.15) is 28.8 Å². The van der Waals surface area contributed by atoms with Gasteiger partial charge in [-0.25, -0.2) is 0 Å². The minimum atomic E-state index is -0.640. The molecule has 0 amide bonds. The van der Waals surface area contributed by atoms with Gasteiger partial charge < -0.3 is 29.1 Å². The Morgan fingerprint density at radius 3 is 1.98 bits per heavy atom. The topological polar surface area (TPSA) is 98.6 Å². The van der Waals surface area contributed by atoms with E-state index in [1.807, 2.05) is 123 Å². The van der Waals surface area contributed by atoms with Crippen LogP contribution in [0.2, 0.25) is 0 Å². The summed E-state index contributed by atoms with van der Waals surface area (Å²) in [6, 6.07) is 34.7. The minimum absolute atomic E-state index is 0.0682. The summed E-state index contributed by atoms with van der Waals surface area (Å²) in [5.74, 6) is 2.58. The van der Waals surface area contributed by atoms with Crippen LogP contribution in [0.3, 0.4) is 0 Å². The molecule has 0 bridgehead atoms. The number of allylic oxidation sites excluding steroid dienone is 2. The highest BCUT2D eigenvalue weighted by Gasteiger charge is 2.40. The Hall–Kier alpha value is -6.15. The molecule has 50 heavy (non-hydrogen) atoms. The van der Waals surface area contributed by atoms with Crippen molar-refractivity contribution in [1.82, 2.24) is 0 Å². The zero-order valence-corrected chi connectivity index (χ0v) is 27.4. The molecule has 6 aromatic rings. The van der Waals surface area contributed by atoms with Crippen LogP contribution in [0.4, 0.5) is 5.69 Å². The standard InChI is InChI=1S/C40H30B2N2O6/c1-3-47-27-17-13-25(14-18-27)41-43-37-29(21-11-23-7-5-9-31(49-41)33(23)37)35-39(45)36(40(35)46)30-22-12-24-8-6-10-32-34(24)38(30)44-42(50-32)26-15-19-28(20-16-26)48-4-2/h5-22,43,45H,3-4H2,1-2H3/b36-30-. The fraction of sp³-hybridized carbons (Fsp3) is 0.100. The van der Waals surface area contributed by atoms with Gasteiger partial charge in [0.05, 0.1) is 29.7 Å². The zero-order chi connectivity index (χ0) is 33.9. The van der Waals surface area contributed by atoms with Crippen LogP contribution in [-0.4, -0.2) is 38.2 Å². The smallest absolute Gasteiger partial charge is 0.537 e. The number of ketones is 1. The van der Waals surface area contributed by atoms with Crippen molar-refractivity contribution in [2.24, 2.45) is 4.90 Å². The van der Waals surface area contributed by atoms with E-state index in [1.165, 1.54) is 0 Å². The van der Waals surface area contributed by atoms with E-state index >= 15 is 0 Å².